The third-order valence-corrected chi connectivity index (χ3v) is 4.31. The van der Waals surface area contributed by atoms with E-state index in [1.165, 1.54) is 18.4 Å². The van der Waals surface area contributed by atoms with Gasteiger partial charge in [-0.3, -0.25) is 4.79 Å². The van der Waals surface area contributed by atoms with Crippen molar-refractivity contribution in [2.45, 2.75) is 37.6 Å². The SMILES string of the molecule is COC[C@H]1CC[C@H]1NC(=O)c1cccc(C2CC2)c1. The predicted octanol–water partition coefficient (Wildman–Crippen LogP) is 2.72. The van der Waals surface area contributed by atoms with Crippen LogP contribution in [0.25, 0.3) is 0 Å². The summed E-state index contributed by atoms with van der Waals surface area (Å²) in [4.78, 5) is 12.2. The maximum Gasteiger partial charge on any atom is 0.251 e. The van der Waals surface area contributed by atoms with Gasteiger partial charge in [0.15, 0.2) is 0 Å². The van der Waals surface area contributed by atoms with Gasteiger partial charge in [0.2, 0.25) is 0 Å². The Labute approximate surface area is 114 Å². The molecule has 3 nitrogen and oxygen atoms in total. The number of methoxy groups -OCH3 is 1. The number of hydrogen-bond acceptors (Lipinski definition) is 2. The largest absolute Gasteiger partial charge is 0.384 e. The average molecular weight is 259 g/mol. The lowest BCUT2D eigenvalue weighted by atomic mass is 9.80. The topological polar surface area (TPSA) is 38.3 Å². The second-order valence-electron chi connectivity index (χ2n) is 5.77. The summed E-state index contributed by atoms with van der Waals surface area (Å²) < 4.78 is 5.17. The van der Waals surface area contributed by atoms with Crippen molar-refractivity contribution in [3.8, 4) is 0 Å². The Hall–Kier alpha value is -1.35. The van der Waals surface area contributed by atoms with Crippen molar-refractivity contribution < 1.29 is 9.53 Å². The van der Waals surface area contributed by atoms with Gasteiger partial charge >= 0.3 is 0 Å². The molecule has 2 atom stereocenters. The first-order valence-electron chi connectivity index (χ1n) is 7.17. The summed E-state index contributed by atoms with van der Waals surface area (Å²) in [6, 6.07) is 8.38. The minimum atomic E-state index is 0.0632. The van der Waals surface area contributed by atoms with Gasteiger partial charge in [-0.1, -0.05) is 12.1 Å². The molecule has 3 rings (SSSR count). The first-order chi connectivity index (χ1) is 9.28. The molecule has 0 saturated heterocycles. The Kier molecular flexibility index (Phi) is 3.56. The molecule has 2 saturated carbocycles. The fourth-order valence-electron chi connectivity index (χ4n) is 2.77. The first-order valence-corrected chi connectivity index (χ1v) is 7.17. The van der Waals surface area contributed by atoms with E-state index in [1.807, 2.05) is 12.1 Å². The van der Waals surface area contributed by atoms with Gasteiger partial charge in [0, 0.05) is 24.6 Å². The Balaban J connectivity index is 1.62. The van der Waals surface area contributed by atoms with Gasteiger partial charge in [-0.05, 0) is 49.3 Å². The van der Waals surface area contributed by atoms with Crippen LogP contribution in [0.5, 0.6) is 0 Å². The van der Waals surface area contributed by atoms with Gasteiger partial charge in [0.25, 0.3) is 5.91 Å². The fraction of sp³-hybridized carbons (Fsp3) is 0.562. The highest BCUT2D eigenvalue weighted by Crippen LogP contribution is 2.40. The summed E-state index contributed by atoms with van der Waals surface area (Å²) in [6.45, 7) is 0.743. The number of hydrogen-bond donors (Lipinski definition) is 1. The van der Waals surface area contributed by atoms with Crippen LogP contribution in [0, 0.1) is 5.92 Å². The normalized spacial score (nSPS) is 25.7. The van der Waals surface area contributed by atoms with Crippen molar-refractivity contribution in [3.05, 3.63) is 35.4 Å². The lowest BCUT2D eigenvalue weighted by Crippen LogP contribution is -2.48. The Morgan fingerprint density at radius 3 is 2.79 bits per heavy atom. The molecule has 0 unspecified atom stereocenters. The molecule has 1 aromatic rings. The molecule has 1 aromatic carbocycles. The van der Waals surface area contributed by atoms with E-state index in [9.17, 15) is 4.79 Å². The minimum Gasteiger partial charge on any atom is -0.384 e. The molecule has 0 radical (unpaired) electrons. The molecule has 0 bridgehead atoms. The molecule has 1 N–H and O–H groups in total. The van der Waals surface area contributed by atoms with Gasteiger partial charge < -0.3 is 10.1 Å². The van der Waals surface area contributed by atoms with Crippen LogP contribution in [0.3, 0.4) is 0 Å². The number of carbonyl (C=O) groups is 1. The lowest BCUT2D eigenvalue weighted by molar-refractivity contribution is 0.0670. The van der Waals surface area contributed by atoms with E-state index in [2.05, 4.69) is 17.4 Å². The van der Waals surface area contributed by atoms with Crippen LogP contribution in [0.15, 0.2) is 24.3 Å². The van der Waals surface area contributed by atoms with Crippen LogP contribution < -0.4 is 5.32 Å². The van der Waals surface area contributed by atoms with Crippen molar-refractivity contribution in [1.29, 1.82) is 0 Å². The van der Waals surface area contributed by atoms with Crippen LogP contribution in [0.2, 0.25) is 0 Å². The Morgan fingerprint density at radius 1 is 1.32 bits per heavy atom. The van der Waals surface area contributed by atoms with E-state index >= 15 is 0 Å². The summed E-state index contributed by atoms with van der Waals surface area (Å²) in [6.07, 6.45) is 4.76. The zero-order valence-electron chi connectivity index (χ0n) is 11.4. The zero-order valence-corrected chi connectivity index (χ0v) is 11.4. The smallest absolute Gasteiger partial charge is 0.251 e. The van der Waals surface area contributed by atoms with Crippen LogP contribution in [-0.2, 0) is 4.74 Å². The highest BCUT2D eigenvalue weighted by atomic mass is 16.5. The third-order valence-electron chi connectivity index (χ3n) is 4.31. The molecule has 3 heteroatoms. The van der Waals surface area contributed by atoms with Crippen molar-refractivity contribution in [2.75, 3.05) is 13.7 Å². The highest BCUT2D eigenvalue weighted by molar-refractivity contribution is 5.94. The molecule has 2 aliphatic carbocycles. The van der Waals surface area contributed by atoms with Gasteiger partial charge in [-0.2, -0.15) is 0 Å². The number of nitrogens with one attached hydrogen (secondary N) is 1. The molecule has 0 spiro atoms. The van der Waals surface area contributed by atoms with Crippen LogP contribution in [0.1, 0.15) is 47.5 Å². The summed E-state index contributed by atoms with van der Waals surface area (Å²) in [5.41, 5.74) is 2.11. The quantitative estimate of drug-likeness (QED) is 0.883. The molecule has 2 aliphatic rings. The van der Waals surface area contributed by atoms with E-state index in [-0.39, 0.29) is 11.9 Å². The van der Waals surface area contributed by atoms with Crippen molar-refractivity contribution in [1.82, 2.24) is 5.32 Å². The third kappa shape index (κ3) is 2.81. The lowest BCUT2D eigenvalue weighted by Gasteiger charge is -2.36. The monoisotopic (exact) mass is 259 g/mol. The van der Waals surface area contributed by atoms with Gasteiger partial charge in [-0.15, -0.1) is 0 Å². The van der Waals surface area contributed by atoms with E-state index in [0.29, 0.717) is 11.8 Å². The summed E-state index contributed by atoms with van der Waals surface area (Å²) in [5.74, 6) is 1.24. The number of carbonyl (C=O) groups excluding carboxylic acids is 1. The van der Waals surface area contributed by atoms with E-state index in [1.54, 1.807) is 7.11 Å². The van der Waals surface area contributed by atoms with Crippen LogP contribution >= 0.6 is 0 Å². The summed E-state index contributed by atoms with van der Waals surface area (Å²) in [5, 5.41) is 3.14. The predicted molar refractivity (Wildman–Crippen MR) is 74.3 cm³/mol. The molecule has 1 amide bonds. The molecule has 19 heavy (non-hydrogen) atoms. The molecule has 0 aromatic heterocycles. The van der Waals surface area contributed by atoms with Crippen molar-refractivity contribution >= 4 is 5.91 Å². The van der Waals surface area contributed by atoms with Crippen LogP contribution in [-0.4, -0.2) is 25.7 Å². The second-order valence-corrected chi connectivity index (χ2v) is 5.77. The van der Waals surface area contributed by atoms with Gasteiger partial charge in [-0.25, -0.2) is 0 Å². The maximum absolute atomic E-state index is 12.2. The highest BCUT2D eigenvalue weighted by Gasteiger charge is 2.32. The van der Waals surface area contributed by atoms with Crippen molar-refractivity contribution in [2.24, 2.45) is 5.92 Å². The standard InChI is InChI=1S/C16H21NO2/c1-19-10-14-7-8-15(14)17-16(18)13-4-2-3-12(9-13)11-5-6-11/h2-4,9,11,14-15H,5-8,10H2,1H3,(H,17,18)/t14-,15-/m1/s1. The zero-order chi connectivity index (χ0) is 13.2. The van der Waals surface area contributed by atoms with Gasteiger partial charge in [0.1, 0.15) is 0 Å². The molecular formula is C16H21NO2. The van der Waals surface area contributed by atoms with Crippen molar-refractivity contribution in [3.63, 3.8) is 0 Å². The molecule has 102 valence electrons. The average Bonchev–Trinajstić information content (AvgIpc) is 3.25. The van der Waals surface area contributed by atoms with E-state index < -0.39 is 0 Å². The Morgan fingerprint density at radius 2 is 2.16 bits per heavy atom. The fourth-order valence-corrected chi connectivity index (χ4v) is 2.77. The second kappa shape index (κ2) is 5.33. The van der Waals surface area contributed by atoms with Gasteiger partial charge in [0.05, 0.1) is 6.61 Å². The summed E-state index contributed by atoms with van der Waals surface area (Å²) >= 11 is 0. The minimum absolute atomic E-state index is 0.0632. The first kappa shape index (κ1) is 12.7. The molecular weight excluding hydrogens is 238 g/mol. The number of amides is 1. The summed E-state index contributed by atoms with van der Waals surface area (Å²) in [7, 11) is 1.72. The van der Waals surface area contributed by atoms with E-state index in [4.69, 9.17) is 4.74 Å². The molecule has 0 heterocycles. The molecule has 0 aliphatic heterocycles. The Bertz CT molecular complexity index is 468. The van der Waals surface area contributed by atoms with Crippen LogP contribution in [0.4, 0.5) is 0 Å². The molecule has 2 fully saturated rings. The number of benzene rings is 1. The number of rotatable bonds is 5. The maximum atomic E-state index is 12.2. The number of ether oxygens (including phenoxy) is 1. The van der Waals surface area contributed by atoms with E-state index in [0.717, 1.165) is 25.0 Å².